The van der Waals surface area contributed by atoms with Gasteiger partial charge in [-0.1, -0.05) is 83.6 Å². The van der Waals surface area contributed by atoms with E-state index in [2.05, 4.69) is 4.99 Å². The highest BCUT2D eigenvalue weighted by molar-refractivity contribution is 7.19. The van der Waals surface area contributed by atoms with E-state index >= 15 is 0 Å². The molecule has 0 aliphatic carbocycles. The van der Waals surface area contributed by atoms with Crippen LogP contribution in [0.2, 0.25) is 5.02 Å². The van der Waals surface area contributed by atoms with Gasteiger partial charge in [-0.3, -0.25) is 0 Å². The fraction of sp³-hybridized carbons (Fsp3) is 0. The molecule has 0 aliphatic rings. The number of hydrogen-bond donors (Lipinski definition) is 1. The predicted molar refractivity (Wildman–Crippen MR) is 115 cm³/mol. The van der Waals surface area contributed by atoms with Crippen molar-refractivity contribution in [1.29, 1.82) is 0 Å². The lowest BCUT2D eigenvalue weighted by molar-refractivity contribution is 1.38. The van der Waals surface area contributed by atoms with Crippen LogP contribution in [0.15, 0.2) is 89.9 Å². The molecule has 0 fully saturated rings. The lowest BCUT2D eigenvalue weighted by atomic mass is 10.1. The summed E-state index contributed by atoms with van der Waals surface area (Å²) in [6, 6.07) is 27.5. The standard InChI is InChI=1S/C22H16ClN3S/c23-18-13-11-16(12-14-18)20(24)26-22-19(15-7-3-1-4-8-15)25-21(27-22)17-9-5-2-6-10-17/h1-14H,(H2,24,26). The Morgan fingerprint density at radius 1 is 0.815 bits per heavy atom. The first-order valence-corrected chi connectivity index (χ1v) is 9.62. The van der Waals surface area contributed by atoms with Crippen LogP contribution in [0.5, 0.6) is 0 Å². The van der Waals surface area contributed by atoms with Crippen LogP contribution in [-0.4, -0.2) is 10.8 Å². The van der Waals surface area contributed by atoms with Crippen molar-refractivity contribution < 1.29 is 0 Å². The van der Waals surface area contributed by atoms with Crippen LogP contribution in [0.4, 0.5) is 5.00 Å². The minimum Gasteiger partial charge on any atom is -0.383 e. The lowest BCUT2D eigenvalue weighted by Gasteiger charge is -2.02. The van der Waals surface area contributed by atoms with Gasteiger partial charge in [0, 0.05) is 21.7 Å². The predicted octanol–water partition coefficient (Wildman–Crippen LogP) is 6.17. The normalized spacial score (nSPS) is 11.5. The van der Waals surface area contributed by atoms with Gasteiger partial charge in [0.2, 0.25) is 0 Å². The molecule has 0 radical (unpaired) electrons. The van der Waals surface area contributed by atoms with Gasteiger partial charge in [0.15, 0.2) is 0 Å². The Bertz CT molecular complexity index is 1070. The number of rotatable bonds is 4. The second-order valence-electron chi connectivity index (χ2n) is 5.91. The molecule has 0 saturated heterocycles. The van der Waals surface area contributed by atoms with Crippen LogP contribution in [0.3, 0.4) is 0 Å². The fourth-order valence-corrected chi connectivity index (χ4v) is 3.77. The van der Waals surface area contributed by atoms with Gasteiger partial charge < -0.3 is 5.73 Å². The molecule has 3 nitrogen and oxygen atoms in total. The summed E-state index contributed by atoms with van der Waals surface area (Å²) in [4.78, 5) is 9.54. The summed E-state index contributed by atoms with van der Waals surface area (Å²) >= 11 is 7.49. The maximum atomic E-state index is 6.26. The third-order valence-corrected chi connectivity index (χ3v) is 5.29. The van der Waals surface area contributed by atoms with Gasteiger partial charge in [0.1, 0.15) is 21.5 Å². The minimum absolute atomic E-state index is 0.437. The van der Waals surface area contributed by atoms with Crippen molar-refractivity contribution in [3.05, 3.63) is 95.5 Å². The average molecular weight is 390 g/mol. The van der Waals surface area contributed by atoms with E-state index in [0.717, 1.165) is 32.4 Å². The van der Waals surface area contributed by atoms with Crippen molar-refractivity contribution in [2.45, 2.75) is 0 Å². The largest absolute Gasteiger partial charge is 0.383 e. The number of nitrogens with zero attached hydrogens (tertiary/aromatic N) is 2. The Labute approximate surface area is 166 Å². The smallest absolute Gasteiger partial charge is 0.146 e. The zero-order chi connectivity index (χ0) is 18.6. The molecule has 1 heterocycles. The summed E-state index contributed by atoms with van der Waals surface area (Å²) in [5, 5.41) is 2.37. The highest BCUT2D eigenvalue weighted by Gasteiger charge is 2.14. The number of aliphatic imine (C=N–C) groups is 1. The second-order valence-corrected chi connectivity index (χ2v) is 7.32. The van der Waals surface area contributed by atoms with Crippen molar-refractivity contribution >= 4 is 33.8 Å². The Hall–Kier alpha value is -2.95. The first kappa shape index (κ1) is 17.5. The number of benzene rings is 3. The first-order valence-electron chi connectivity index (χ1n) is 8.42. The maximum absolute atomic E-state index is 6.26. The molecule has 0 unspecified atom stereocenters. The summed E-state index contributed by atoms with van der Waals surface area (Å²) < 4.78 is 0. The number of thiazole rings is 1. The molecule has 132 valence electrons. The molecule has 0 amide bonds. The zero-order valence-corrected chi connectivity index (χ0v) is 15.9. The summed E-state index contributed by atoms with van der Waals surface area (Å²) in [6.45, 7) is 0. The van der Waals surface area contributed by atoms with E-state index in [-0.39, 0.29) is 0 Å². The number of halogens is 1. The Morgan fingerprint density at radius 2 is 1.41 bits per heavy atom. The summed E-state index contributed by atoms with van der Waals surface area (Å²) in [5.41, 5.74) is 9.99. The van der Waals surface area contributed by atoms with Crippen molar-refractivity contribution in [3.63, 3.8) is 0 Å². The number of hydrogen-bond acceptors (Lipinski definition) is 3. The highest BCUT2D eigenvalue weighted by Crippen LogP contribution is 2.40. The van der Waals surface area contributed by atoms with Crippen LogP contribution in [0, 0.1) is 0 Å². The van der Waals surface area contributed by atoms with Crippen LogP contribution < -0.4 is 5.73 Å². The third kappa shape index (κ3) is 3.92. The molecule has 1 aromatic heterocycles. The van der Waals surface area contributed by atoms with E-state index in [9.17, 15) is 0 Å². The molecular weight excluding hydrogens is 374 g/mol. The monoisotopic (exact) mass is 389 g/mol. The number of aromatic nitrogens is 1. The molecule has 0 aliphatic heterocycles. The van der Waals surface area contributed by atoms with E-state index < -0.39 is 0 Å². The fourth-order valence-electron chi connectivity index (χ4n) is 2.67. The molecule has 4 aromatic rings. The zero-order valence-electron chi connectivity index (χ0n) is 14.3. The maximum Gasteiger partial charge on any atom is 0.146 e. The molecule has 4 rings (SSSR count). The van der Waals surface area contributed by atoms with E-state index in [1.54, 1.807) is 12.1 Å². The molecular formula is C22H16ClN3S. The van der Waals surface area contributed by atoms with Gasteiger partial charge in [-0.05, 0) is 24.3 Å². The molecule has 0 atom stereocenters. The molecule has 2 N–H and O–H groups in total. The van der Waals surface area contributed by atoms with E-state index in [1.165, 1.54) is 11.3 Å². The highest BCUT2D eigenvalue weighted by atomic mass is 35.5. The van der Waals surface area contributed by atoms with Gasteiger partial charge in [0.25, 0.3) is 0 Å². The SMILES string of the molecule is N/C(=N\c1sc(-c2ccccc2)nc1-c1ccccc1)c1ccc(Cl)cc1. The van der Waals surface area contributed by atoms with Crippen LogP contribution in [0.1, 0.15) is 5.56 Å². The van der Waals surface area contributed by atoms with Crippen molar-refractivity contribution in [1.82, 2.24) is 4.98 Å². The van der Waals surface area contributed by atoms with Crippen LogP contribution in [-0.2, 0) is 0 Å². The van der Waals surface area contributed by atoms with Crippen LogP contribution >= 0.6 is 22.9 Å². The van der Waals surface area contributed by atoms with Gasteiger partial charge in [-0.15, -0.1) is 0 Å². The van der Waals surface area contributed by atoms with Crippen molar-refractivity contribution in [3.8, 4) is 21.8 Å². The summed E-state index contributed by atoms with van der Waals surface area (Å²) in [5.74, 6) is 0.437. The minimum atomic E-state index is 0.437. The van der Waals surface area contributed by atoms with Crippen molar-refractivity contribution in [2.75, 3.05) is 0 Å². The first-order chi connectivity index (χ1) is 13.2. The second kappa shape index (κ2) is 7.74. The summed E-state index contributed by atoms with van der Waals surface area (Å²) in [6.07, 6.45) is 0. The summed E-state index contributed by atoms with van der Waals surface area (Å²) in [7, 11) is 0. The Balaban J connectivity index is 1.82. The molecule has 5 heteroatoms. The average Bonchev–Trinajstić information content (AvgIpc) is 3.13. The number of nitrogens with two attached hydrogens (primary N) is 1. The molecule has 3 aromatic carbocycles. The third-order valence-electron chi connectivity index (χ3n) is 4.04. The molecule has 0 saturated carbocycles. The van der Waals surface area contributed by atoms with E-state index in [1.807, 2.05) is 72.8 Å². The van der Waals surface area contributed by atoms with Crippen molar-refractivity contribution in [2.24, 2.45) is 10.7 Å². The van der Waals surface area contributed by atoms with Gasteiger partial charge in [0.05, 0.1) is 0 Å². The Kier molecular flexibility index (Phi) is 5.01. The van der Waals surface area contributed by atoms with Gasteiger partial charge >= 0.3 is 0 Å². The quantitative estimate of drug-likeness (QED) is 0.335. The molecule has 0 spiro atoms. The topological polar surface area (TPSA) is 51.3 Å². The lowest BCUT2D eigenvalue weighted by Crippen LogP contribution is -2.12. The van der Waals surface area contributed by atoms with E-state index in [0.29, 0.717) is 10.9 Å². The molecule has 0 bridgehead atoms. The van der Waals surface area contributed by atoms with Crippen LogP contribution in [0.25, 0.3) is 21.8 Å². The van der Waals surface area contributed by atoms with E-state index in [4.69, 9.17) is 22.3 Å². The Morgan fingerprint density at radius 3 is 2.04 bits per heavy atom. The number of amidine groups is 1. The molecule has 27 heavy (non-hydrogen) atoms. The van der Waals surface area contributed by atoms with Gasteiger partial charge in [-0.25, -0.2) is 9.98 Å². The van der Waals surface area contributed by atoms with Gasteiger partial charge in [-0.2, -0.15) is 0 Å².